The molecular weight excluding hydrogens is 310 g/mol. The van der Waals surface area contributed by atoms with Crippen LogP contribution in [0.5, 0.6) is 0 Å². The summed E-state index contributed by atoms with van der Waals surface area (Å²) in [6.45, 7) is 0. The molecule has 116 valence electrons. The summed E-state index contributed by atoms with van der Waals surface area (Å²) in [6, 6.07) is 19.6. The maximum Gasteiger partial charge on any atom is 0.137 e. The van der Waals surface area contributed by atoms with E-state index in [1.807, 2.05) is 59.2 Å². The van der Waals surface area contributed by atoms with Crippen LogP contribution in [0.1, 0.15) is 16.7 Å². The molecule has 3 heterocycles. The van der Waals surface area contributed by atoms with E-state index in [4.69, 9.17) is 4.99 Å². The Kier molecular flexibility index (Phi) is 2.79. The maximum absolute atomic E-state index is 9.23. The monoisotopic (exact) mass is 321 g/mol. The molecule has 2 aromatic carbocycles. The van der Waals surface area contributed by atoms with Crippen LogP contribution in [0.15, 0.2) is 72.1 Å². The van der Waals surface area contributed by atoms with E-state index in [2.05, 4.69) is 16.2 Å². The highest BCUT2D eigenvalue weighted by atomic mass is 15.2. The number of nitrogens with zero attached hydrogens (tertiary/aromatic N) is 5. The third-order valence-electron chi connectivity index (χ3n) is 4.37. The van der Waals surface area contributed by atoms with Crippen LogP contribution in [0.2, 0.25) is 0 Å². The molecule has 0 saturated heterocycles. The van der Waals surface area contributed by atoms with Gasteiger partial charge in [0.25, 0.3) is 0 Å². The summed E-state index contributed by atoms with van der Waals surface area (Å²) >= 11 is 0. The van der Waals surface area contributed by atoms with Crippen molar-refractivity contribution in [3.63, 3.8) is 0 Å². The average Bonchev–Trinajstić information content (AvgIpc) is 3.04. The van der Waals surface area contributed by atoms with Gasteiger partial charge >= 0.3 is 0 Å². The summed E-state index contributed by atoms with van der Waals surface area (Å²) in [5.74, 6) is 0. The van der Waals surface area contributed by atoms with Crippen molar-refractivity contribution in [2.75, 3.05) is 0 Å². The first-order valence-electron chi connectivity index (χ1n) is 7.86. The second-order valence-electron chi connectivity index (χ2n) is 5.80. The molecule has 0 unspecified atom stereocenters. The molecule has 5 nitrogen and oxygen atoms in total. The van der Waals surface area contributed by atoms with E-state index in [0.717, 1.165) is 39.3 Å². The first-order chi connectivity index (χ1) is 12.3. The van der Waals surface area contributed by atoms with E-state index in [0.29, 0.717) is 5.56 Å². The van der Waals surface area contributed by atoms with Crippen molar-refractivity contribution in [1.29, 1.82) is 5.26 Å². The summed E-state index contributed by atoms with van der Waals surface area (Å²) in [5, 5.41) is 13.5. The fourth-order valence-electron chi connectivity index (χ4n) is 3.25. The zero-order valence-corrected chi connectivity index (χ0v) is 13.1. The van der Waals surface area contributed by atoms with Crippen molar-refractivity contribution >= 4 is 16.9 Å². The Hall–Kier alpha value is -3.78. The van der Waals surface area contributed by atoms with Gasteiger partial charge in [-0.05, 0) is 24.3 Å². The van der Waals surface area contributed by atoms with Crippen LogP contribution in [0.3, 0.4) is 0 Å². The van der Waals surface area contributed by atoms with Crippen molar-refractivity contribution in [3.8, 4) is 17.3 Å². The van der Waals surface area contributed by atoms with Crippen molar-refractivity contribution in [2.45, 2.75) is 0 Å². The summed E-state index contributed by atoms with van der Waals surface area (Å²) in [6.07, 6.45) is 3.47. The van der Waals surface area contributed by atoms with Gasteiger partial charge in [-0.3, -0.25) is 0 Å². The molecule has 0 atom stereocenters. The topological polar surface area (TPSA) is 66.3 Å². The highest BCUT2D eigenvalue weighted by Gasteiger charge is 2.22. The van der Waals surface area contributed by atoms with Crippen LogP contribution in [-0.4, -0.2) is 20.3 Å². The van der Waals surface area contributed by atoms with Gasteiger partial charge in [-0.25, -0.2) is 14.5 Å². The van der Waals surface area contributed by atoms with Crippen LogP contribution in [0.4, 0.5) is 5.69 Å². The molecule has 0 N–H and O–H groups in total. The summed E-state index contributed by atoms with van der Waals surface area (Å²) in [4.78, 5) is 9.44. The number of rotatable bonds is 1. The van der Waals surface area contributed by atoms with E-state index in [1.165, 1.54) is 0 Å². The molecule has 2 aromatic heterocycles. The van der Waals surface area contributed by atoms with Gasteiger partial charge < -0.3 is 0 Å². The number of fused-ring (bicyclic) bond motifs is 2. The number of nitriles is 1. The quantitative estimate of drug-likeness (QED) is 0.472. The molecule has 25 heavy (non-hydrogen) atoms. The fraction of sp³-hybridized carbons (Fsp3) is 0. The van der Waals surface area contributed by atoms with Crippen molar-refractivity contribution < 1.29 is 0 Å². The molecule has 5 heteroatoms. The molecule has 0 radical (unpaired) electrons. The van der Waals surface area contributed by atoms with Gasteiger partial charge in [0.2, 0.25) is 0 Å². The van der Waals surface area contributed by atoms with E-state index in [9.17, 15) is 5.26 Å². The van der Waals surface area contributed by atoms with Crippen LogP contribution < -0.4 is 0 Å². The van der Waals surface area contributed by atoms with E-state index in [1.54, 1.807) is 12.4 Å². The fourth-order valence-corrected chi connectivity index (χ4v) is 3.25. The third kappa shape index (κ3) is 1.98. The van der Waals surface area contributed by atoms with Crippen LogP contribution in [0.25, 0.3) is 16.8 Å². The van der Waals surface area contributed by atoms with E-state index >= 15 is 0 Å². The number of benzene rings is 2. The molecule has 0 amide bonds. The van der Waals surface area contributed by atoms with Gasteiger partial charge in [0, 0.05) is 22.9 Å². The third-order valence-corrected chi connectivity index (χ3v) is 4.37. The van der Waals surface area contributed by atoms with Gasteiger partial charge in [-0.2, -0.15) is 10.4 Å². The van der Waals surface area contributed by atoms with Crippen molar-refractivity contribution in [2.24, 2.45) is 4.99 Å². The molecular formula is C20H11N5. The zero-order chi connectivity index (χ0) is 16.8. The minimum absolute atomic E-state index is 0.609. The number of para-hydroxylation sites is 1. The Labute approximate surface area is 143 Å². The Bertz CT molecular complexity index is 1210. The van der Waals surface area contributed by atoms with Gasteiger partial charge in [0.05, 0.1) is 23.0 Å². The van der Waals surface area contributed by atoms with Crippen molar-refractivity contribution in [1.82, 2.24) is 14.6 Å². The normalized spacial score (nSPS) is 12.2. The standard InChI is InChI=1S/C20H11N5/c21-11-13-4-3-5-14(10-13)18-16-8-9-25-20(16)19(22-12-23-25)15-6-1-2-7-17(15)24-18/h1-10,12H. The average molecular weight is 321 g/mol. The minimum atomic E-state index is 0.609. The molecule has 1 aliphatic heterocycles. The highest BCUT2D eigenvalue weighted by Crippen LogP contribution is 2.37. The predicted molar refractivity (Wildman–Crippen MR) is 94.9 cm³/mol. The minimum Gasteiger partial charge on any atom is -0.247 e. The van der Waals surface area contributed by atoms with Gasteiger partial charge in [0.15, 0.2) is 0 Å². The van der Waals surface area contributed by atoms with Gasteiger partial charge in [-0.1, -0.05) is 30.3 Å². The molecule has 0 fully saturated rings. The summed E-state index contributed by atoms with van der Waals surface area (Å²) in [7, 11) is 0. The number of hydrogen-bond donors (Lipinski definition) is 0. The lowest BCUT2D eigenvalue weighted by atomic mass is 10.0. The van der Waals surface area contributed by atoms with Crippen molar-refractivity contribution in [3.05, 3.63) is 83.8 Å². The lowest BCUT2D eigenvalue weighted by molar-refractivity contribution is 0.906. The summed E-state index contributed by atoms with van der Waals surface area (Å²) < 4.78 is 1.82. The molecule has 1 aliphatic rings. The molecule has 0 spiro atoms. The molecule has 0 saturated carbocycles. The summed E-state index contributed by atoms with van der Waals surface area (Å²) in [5.41, 5.74) is 6.91. The Morgan fingerprint density at radius 1 is 0.960 bits per heavy atom. The van der Waals surface area contributed by atoms with Crippen LogP contribution >= 0.6 is 0 Å². The van der Waals surface area contributed by atoms with E-state index < -0.39 is 0 Å². The lowest BCUT2D eigenvalue weighted by Gasteiger charge is -2.05. The molecule has 0 aliphatic carbocycles. The molecule has 5 rings (SSSR count). The molecule has 0 bridgehead atoms. The molecule has 4 aromatic rings. The van der Waals surface area contributed by atoms with Gasteiger partial charge in [-0.15, -0.1) is 0 Å². The van der Waals surface area contributed by atoms with E-state index in [-0.39, 0.29) is 0 Å². The number of aromatic nitrogens is 3. The second-order valence-corrected chi connectivity index (χ2v) is 5.80. The van der Waals surface area contributed by atoms with Crippen LogP contribution in [-0.2, 0) is 0 Å². The SMILES string of the molecule is N#Cc1cccc(C2=Nc3ccccc3-c3ncnn4ccc2c34)c1. The largest absolute Gasteiger partial charge is 0.247 e. The first kappa shape index (κ1) is 13.6. The maximum atomic E-state index is 9.23. The number of hydrogen-bond acceptors (Lipinski definition) is 4. The highest BCUT2D eigenvalue weighted by molar-refractivity contribution is 6.20. The Morgan fingerprint density at radius 3 is 2.80 bits per heavy atom. The number of aliphatic imine (C=N–C) groups is 1. The zero-order valence-electron chi connectivity index (χ0n) is 13.1. The van der Waals surface area contributed by atoms with Crippen LogP contribution in [0, 0.1) is 11.3 Å². The predicted octanol–water partition coefficient (Wildman–Crippen LogP) is 3.75. The smallest absolute Gasteiger partial charge is 0.137 e. The second kappa shape index (κ2) is 5.11. The lowest BCUT2D eigenvalue weighted by Crippen LogP contribution is -2.03. The Balaban J connectivity index is 1.91. The van der Waals surface area contributed by atoms with Gasteiger partial charge in [0.1, 0.15) is 17.5 Å². The Morgan fingerprint density at radius 2 is 1.88 bits per heavy atom. The first-order valence-corrected chi connectivity index (χ1v) is 7.86.